The van der Waals surface area contributed by atoms with Crippen LogP contribution in [0.1, 0.15) is 17.2 Å². The van der Waals surface area contributed by atoms with E-state index < -0.39 is 12.0 Å². The van der Waals surface area contributed by atoms with Gasteiger partial charge in [-0.3, -0.25) is 4.79 Å². The summed E-state index contributed by atoms with van der Waals surface area (Å²) in [5, 5.41) is 18.6. The van der Waals surface area contributed by atoms with Crippen LogP contribution in [0.5, 0.6) is 0 Å². The number of hydrogen-bond donors (Lipinski definition) is 2. The largest absolute Gasteiger partial charge is 0.378 e. The van der Waals surface area contributed by atoms with Crippen molar-refractivity contribution >= 4 is 33.7 Å². The smallest absolute Gasteiger partial charge is 0.273 e. The van der Waals surface area contributed by atoms with E-state index in [1.165, 1.54) is 0 Å². The predicted octanol–water partition coefficient (Wildman–Crippen LogP) is 4.18. The molecule has 2 N–H and O–H groups in total. The molecule has 4 rings (SSSR count). The monoisotopic (exact) mass is 354 g/mol. The van der Waals surface area contributed by atoms with Crippen molar-refractivity contribution in [2.75, 3.05) is 0 Å². The molecule has 4 heteroatoms. The van der Waals surface area contributed by atoms with Crippen molar-refractivity contribution in [2.45, 2.75) is 6.10 Å². The van der Waals surface area contributed by atoms with Crippen molar-refractivity contribution in [3.63, 3.8) is 0 Å². The highest BCUT2D eigenvalue weighted by Crippen LogP contribution is 2.27. The summed E-state index contributed by atoms with van der Waals surface area (Å²) in [6.45, 7) is 0. The first-order valence-corrected chi connectivity index (χ1v) is 8.70. The van der Waals surface area contributed by atoms with Gasteiger partial charge in [0.1, 0.15) is 0 Å². The highest BCUT2D eigenvalue weighted by atomic mass is 16.3. The van der Waals surface area contributed by atoms with E-state index in [-0.39, 0.29) is 0 Å². The van der Waals surface area contributed by atoms with Crippen molar-refractivity contribution < 1.29 is 9.90 Å². The zero-order valence-electron chi connectivity index (χ0n) is 14.5. The second-order valence-corrected chi connectivity index (χ2v) is 6.28. The quantitative estimate of drug-likeness (QED) is 0.328. The fourth-order valence-electron chi connectivity index (χ4n) is 3.20. The van der Waals surface area contributed by atoms with Gasteiger partial charge in [0.05, 0.1) is 6.21 Å². The minimum Gasteiger partial charge on any atom is -0.378 e. The van der Waals surface area contributed by atoms with Gasteiger partial charge in [0.15, 0.2) is 6.10 Å². The van der Waals surface area contributed by atoms with Crippen molar-refractivity contribution in [3.8, 4) is 0 Å². The minimum atomic E-state index is -1.26. The summed E-state index contributed by atoms with van der Waals surface area (Å²) in [7, 11) is 0. The number of hydrogen-bond acceptors (Lipinski definition) is 3. The molecule has 0 fully saturated rings. The lowest BCUT2D eigenvalue weighted by molar-refractivity contribution is -0.129. The maximum atomic E-state index is 12.2. The summed E-state index contributed by atoms with van der Waals surface area (Å²) < 4.78 is 0. The lowest BCUT2D eigenvalue weighted by atomic mass is 9.97. The van der Waals surface area contributed by atoms with Crippen LogP contribution >= 0.6 is 0 Å². The third-order valence-corrected chi connectivity index (χ3v) is 4.54. The van der Waals surface area contributed by atoms with Gasteiger partial charge >= 0.3 is 0 Å². The summed E-state index contributed by atoms with van der Waals surface area (Å²) in [6.07, 6.45) is 0.382. The molecule has 0 saturated heterocycles. The van der Waals surface area contributed by atoms with Crippen LogP contribution in [-0.4, -0.2) is 17.2 Å². The van der Waals surface area contributed by atoms with E-state index in [9.17, 15) is 9.90 Å². The molecule has 1 atom stereocenters. The molecule has 0 aromatic heterocycles. The first-order chi connectivity index (χ1) is 13.2. The van der Waals surface area contributed by atoms with Crippen LogP contribution in [0, 0.1) is 0 Å². The fourth-order valence-corrected chi connectivity index (χ4v) is 3.20. The third-order valence-electron chi connectivity index (χ3n) is 4.54. The van der Waals surface area contributed by atoms with Crippen LogP contribution in [0.4, 0.5) is 0 Å². The number of nitrogens with one attached hydrogen (secondary N) is 1. The third kappa shape index (κ3) is 3.43. The average Bonchev–Trinajstić information content (AvgIpc) is 2.73. The van der Waals surface area contributed by atoms with Crippen molar-refractivity contribution in [1.29, 1.82) is 0 Å². The lowest BCUT2D eigenvalue weighted by Gasteiger charge is -2.10. The molecular weight excluding hydrogens is 336 g/mol. The molecule has 4 aromatic carbocycles. The lowest BCUT2D eigenvalue weighted by Crippen LogP contribution is -2.25. The second kappa shape index (κ2) is 7.40. The van der Waals surface area contributed by atoms with Gasteiger partial charge in [0.2, 0.25) is 0 Å². The Bertz CT molecular complexity index is 1080. The fraction of sp³-hybridized carbons (Fsp3) is 0.0435. The molecule has 0 bridgehead atoms. The Morgan fingerprint density at radius 2 is 1.41 bits per heavy atom. The van der Waals surface area contributed by atoms with E-state index in [2.05, 4.69) is 28.7 Å². The number of benzene rings is 4. The van der Waals surface area contributed by atoms with Crippen molar-refractivity contribution in [3.05, 3.63) is 96.1 Å². The van der Waals surface area contributed by atoms with Gasteiger partial charge in [-0.25, -0.2) is 5.43 Å². The number of aliphatic hydroxyl groups excluding tert-OH is 1. The van der Waals surface area contributed by atoms with E-state index in [4.69, 9.17) is 0 Å². The number of carbonyl (C=O) groups is 1. The Morgan fingerprint density at radius 3 is 2.04 bits per heavy atom. The molecule has 27 heavy (non-hydrogen) atoms. The molecule has 0 heterocycles. The average molecular weight is 354 g/mol. The molecular formula is C23H18N2O2. The van der Waals surface area contributed by atoms with Gasteiger partial charge in [-0.1, -0.05) is 78.9 Å². The number of hydrazone groups is 1. The van der Waals surface area contributed by atoms with E-state index >= 15 is 0 Å². The molecule has 0 radical (unpaired) electrons. The van der Waals surface area contributed by atoms with Crippen LogP contribution in [0.2, 0.25) is 0 Å². The van der Waals surface area contributed by atoms with Gasteiger partial charge < -0.3 is 5.11 Å². The molecule has 132 valence electrons. The van der Waals surface area contributed by atoms with Crippen molar-refractivity contribution in [2.24, 2.45) is 5.10 Å². The number of amides is 1. The van der Waals surface area contributed by atoms with Crippen LogP contribution in [-0.2, 0) is 4.79 Å². The maximum Gasteiger partial charge on any atom is 0.273 e. The summed E-state index contributed by atoms with van der Waals surface area (Å²) in [6, 6.07) is 27.0. The number of fused-ring (bicyclic) bond motifs is 2. The number of aliphatic hydroxyl groups is 1. The first kappa shape index (κ1) is 16.9. The van der Waals surface area contributed by atoms with Crippen LogP contribution < -0.4 is 5.43 Å². The van der Waals surface area contributed by atoms with Crippen LogP contribution in [0.25, 0.3) is 21.5 Å². The Balaban J connectivity index is 1.65. The molecule has 0 saturated carbocycles. The minimum absolute atomic E-state index is 0.529. The van der Waals surface area contributed by atoms with Gasteiger partial charge in [0, 0.05) is 5.56 Å². The molecule has 4 aromatic rings. The van der Waals surface area contributed by atoms with Gasteiger partial charge in [0.25, 0.3) is 5.91 Å². The Labute approximate surface area is 156 Å². The first-order valence-electron chi connectivity index (χ1n) is 8.70. The standard InChI is InChI=1S/C23H18N2O2/c26-22(16-8-2-1-3-9-16)23(27)25-24-15-21-19-12-6-4-10-17(19)14-18-11-5-7-13-20(18)21/h1-15,22,26H,(H,25,27). The van der Waals surface area contributed by atoms with E-state index in [0.29, 0.717) is 5.56 Å². The number of nitrogens with zero attached hydrogens (tertiary/aromatic N) is 1. The van der Waals surface area contributed by atoms with E-state index in [1.807, 2.05) is 42.5 Å². The highest BCUT2D eigenvalue weighted by Gasteiger charge is 2.16. The molecule has 0 aliphatic carbocycles. The Morgan fingerprint density at radius 1 is 0.852 bits per heavy atom. The maximum absolute atomic E-state index is 12.2. The van der Waals surface area contributed by atoms with Crippen LogP contribution in [0.15, 0.2) is 90.0 Å². The van der Waals surface area contributed by atoms with Gasteiger partial charge in [-0.15, -0.1) is 0 Å². The predicted molar refractivity (Wildman–Crippen MR) is 109 cm³/mol. The molecule has 0 spiro atoms. The molecule has 0 aliphatic heterocycles. The zero-order valence-corrected chi connectivity index (χ0v) is 14.5. The SMILES string of the molecule is O=C(NN=Cc1c2ccccc2cc2ccccc12)C(O)c1ccccc1. The summed E-state index contributed by atoms with van der Waals surface area (Å²) in [5.74, 6) is -0.568. The summed E-state index contributed by atoms with van der Waals surface area (Å²) >= 11 is 0. The zero-order chi connectivity index (χ0) is 18.6. The topological polar surface area (TPSA) is 61.7 Å². The van der Waals surface area contributed by atoms with Gasteiger partial charge in [-0.2, -0.15) is 5.10 Å². The molecule has 1 amide bonds. The van der Waals surface area contributed by atoms with E-state index in [0.717, 1.165) is 27.1 Å². The summed E-state index contributed by atoms with van der Waals surface area (Å²) in [4.78, 5) is 12.2. The van der Waals surface area contributed by atoms with E-state index in [1.54, 1.807) is 30.5 Å². The second-order valence-electron chi connectivity index (χ2n) is 6.28. The summed E-state index contributed by atoms with van der Waals surface area (Å²) in [5.41, 5.74) is 3.90. The number of carbonyl (C=O) groups excluding carboxylic acids is 1. The normalized spacial score (nSPS) is 12.5. The molecule has 0 aliphatic rings. The van der Waals surface area contributed by atoms with Gasteiger partial charge in [-0.05, 0) is 33.2 Å². The Hall–Kier alpha value is -3.50. The highest BCUT2D eigenvalue weighted by molar-refractivity contribution is 6.13. The number of rotatable bonds is 4. The Kier molecular flexibility index (Phi) is 4.64. The molecule has 4 nitrogen and oxygen atoms in total. The van der Waals surface area contributed by atoms with Crippen LogP contribution in [0.3, 0.4) is 0 Å². The molecule has 1 unspecified atom stereocenters. The van der Waals surface area contributed by atoms with Crippen molar-refractivity contribution in [1.82, 2.24) is 5.43 Å².